The van der Waals surface area contributed by atoms with Gasteiger partial charge in [-0.15, -0.1) is 0 Å². The van der Waals surface area contributed by atoms with Crippen LogP contribution in [0.25, 0.3) is 0 Å². The number of anilines is 1. The lowest BCUT2D eigenvalue weighted by Gasteiger charge is -2.04. The molecule has 0 saturated heterocycles. The minimum Gasteiger partial charge on any atom is -0.372 e. The Morgan fingerprint density at radius 2 is 2.27 bits per heavy atom. The first-order valence-electron chi connectivity index (χ1n) is 5.01. The number of carbonyl (C=O) groups excluding carboxylic acids is 1. The number of aromatic nitrogens is 2. The van der Waals surface area contributed by atoms with Gasteiger partial charge >= 0.3 is 0 Å². The van der Waals surface area contributed by atoms with Gasteiger partial charge in [-0.3, -0.25) is 9.78 Å². The van der Waals surface area contributed by atoms with E-state index in [0.29, 0.717) is 23.5 Å². The van der Waals surface area contributed by atoms with Crippen LogP contribution in [0.15, 0.2) is 12.4 Å². The van der Waals surface area contributed by atoms with Gasteiger partial charge < -0.3 is 10.6 Å². The summed E-state index contributed by atoms with van der Waals surface area (Å²) >= 11 is 0. The zero-order chi connectivity index (χ0) is 10.8. The predicted molar refractivity (Wildman–Crippen MR) is 56.6 cm³/mol. The van der Waals surface area contributed by atoms with Gasteiger partial charge in [0.1, 0.15) is 11.5 Å². The molecule has 1 saturated carbocycles. The molecule has 2 rings (SSSR count). The zero-order valence-corrected chi connectivity index (χ0v) is 8.82. The fourth-order valence-corrected chi connectivity index (χ4v) is 1.36. The van der Waals surface area contributed by atoms with E-state index in [1.807, 2.05) is 0 Å². The maximum atomic E-state index is 11.7. The summed E-state index contributed by atoms with van der Waals surface area (Å²) in [6.07, 6.45) is 4.12. The van der Waals surface area contributed by atoms with Crippen LogP contribution in [0, 0.1) is 5.92 Å². The molecule has 5 nitrogen and oxygen atoms in total. The highest BCUT2D eigenvalue weighted by Crippen LogP contribution is 2.29. The van der Waals surface area contributed by atoms with E-state index in [9.17, 15) is 4.79 Å². The van der Waals surface area contributed by atoms with Crippen molar-refractivity contribution < 1.29 is 4.79 Å². The Bertz CT molecular complexity index is 379. The molecule has 1 amide bonds. The molecule has 1 aromatic heterocycles. The maximum absolute atomic E-state index is 11.7. The third-order valence-electron chi connectivity index (χ3n) is 2.55. The standard InChI is InChI=1S/C10H14N4O/c1-6-3-7(6)14-10(15)8-4-12-5-9(11-2)13-8/h4-7H,3H2,1-2H3,(H,11,13)(H,14,15). The quantitative estimate of drug-likeness (QED) is 0.762. The van der Waals surface area contributed by atoms with Crippen molar-refractivity contribution in [2.45, 2.75) is 19.4 Å². The first-order valence-corrected chi connectivity index (χ1v) is 5.01. The Balaban J connectivity index is 2.04. The highest BCUT2D eigenvalue weighted by Gasteiger charge is 2.34. The fourth-order valence-electron chi connectivity index (χ4n) is 1.36. The van der Waals surface area contributed by atoms with Crippen LogP contribution in [0.3, 0.4) is 0 Å². The van der Waals surface area contributed by atoms with Gasteiger partial charge in [0, 0.05) is 13.1 Å². The second kappa shape index (κ2) is 3.84. The van der Waals surface area contributed by atoms with E-state index >= 15 is 0 Å². The van der Waals surface area contributed by atoms with Crippen LogP contribution in [0.4, 0.5) is 5.82 Å². The lowest BCUT2D eigenvalue weighted by atomic mass is 10.4. The van der Waals surface area contributed by atoms with E-state index in [0.717, 1.165) is 6.42 Å². The van der Waals surface area contributed by atoms with Gasteiger partial charge in [-0.25, -0.2) is 4.98 Å². The minimum atomic E-state index is -0.144. The van der Waals surface area contributed by atoms with Crippen LogP contribution in [-0.2, 0) is 0 Å². The van der Waals surface area contributed by atoms with Gasteiger partial charge in [0.25, 0.3) is 5.91 Å². The van der Waals surface area contributed by atoms with E-state index in [-0.39, 0.29) is 5.91 Å². The molecule has 1 fully saturated rings. The van der Waals surface area contributed by atoms with E-state index in [1.54, 1.807) is 13.2 Å². The van der Waals surface area contributed by atoms with Crippen molar-refractivity contribution in [3.05, 3.63) is 18.1 Å². The van der Waals surface area contributed by atoms with Crippen LogP contribution in [-0.4, -0.2) is 29.0 Å². The third kappa shape index (κ3) is 2.23. The monoisotopic (exact) mass is 206 g/mol. The van der Waals surface area contributed by atoms with Crippen molar-refractivity contribution in [1.82, 2.24) is 15.3 Å². The van der Waals surface area contributed by atoms with Crippen molar-refractivity contribution >= 4 is 11.7 Å². The van der Waals surface area contributed by atoms with Crippen molar-refractivity contribution in [2.24, 2.45) is 5.92 Å². The molecular weight excluding hydrogens is 192 g/mol. The first-order chi connectivity index (χ1) is 7.20. The molecule has 0 bridgehead atoms. The first kappa shape index (κ1) is 9.89. The lowest BCUT2D eigenvalue weighted by Crippen LogP contribution is -2.27. The Kier molecular flexibility index (Phi) is 2.53. The van der Waals surface area contributed by atoms with Crippen LogP contribution < -0.4 is 10.6 Å². The summed E-state index contributed by atoms with van der Waals surface area (Å²) < 4.78 is 0. The van der Waals surface area contributed by atoms with Gasteiger partial charge in [0.05, 0.1) is 12.4 Å². The van der Waals surface area contributed by atoms with Crippen molar-refractivity contribution in [3.8, 4) is 0 Å². The molecule has 15 heavy (non-hydrogen) atoms. The van der Waals surface area contributed by atoms with Crippen LogP contribution >= 0.6 is 0 Å². The average Bonchev–Trinajstić information content (AvgIpc) is 2.94. The Hall–Kier alpha value is -1.65. The second-order valence-corrected chi connectivity index (χ2v) is 3.83. The number of hydrogen-bond donors (Lipinski definition) is 2. The molecule has 2 N–H and O–H groups in total. The summed E-state index contributed by atoms with van der Waals surface area (Å²) in [6.45, 7) is 2.11. The van der Waals surface area contributed by atoms with Crippen LogP contribution in [0.2, 0.25) is 0 Å². The zero-order valence-electron chi connectivity index (χ0n) is 8.82. The van der Waals surface area contributed by atoms with E-state index in [2.05, 4.69) is 27.5 Å². The van der Waals surface area contributed by atoms with E-state index in [4.69, 9.17) is 0 Å². The van der Waals surface area contributed by atoms with Gasteiger partial charge in [-0.1, -0.05) is 6.92 Å². The Morgan fingerprint density at radius 3 is 2.87 bits per heavy atom. The normalized spacial score (nSPS) is 23.3. The highest BCUT2D eigenvalue weighted by molar-refractivity contribution is 5.92. The van der Waals surface area contributed by atoms with Gasteiger partial charge in [0.2, 0.25) is 0 Å². The Morgan fingerprint density at radius 1 is 1.53 bits per heavy atom. The summed E-state index contributed by atoms with van der Waals surface area (Å²) in [5.41, 5.74) is 0.362. The average molecular weight is 206 g/mol. The molecular formula is C10H14N4O. The highest BCUT2D eigenvalue weighted by atomic mass is 16.2. The molecule has 2 unspecified atom stereocenters. The van der Waals surface area contributed by atoms with Crippen LogP contribution in [0.5, 0.6) is 0 Å². The molecule has 1 aliphatic carbocycles. The van der Waals surface area contributed by atoms with Crippen LogP contribution in [0.1, 0.15) is 23.8 Å². The molecule has 0 aromatic carbocycles. The second-order valence-electron chi connectivity index (χ2n) is 3.83. The third-order valence-corrected chi connectivity index (χ3v) is 2.55. The molecule has 0 aliphatic heterocycles. The number of hydrogen-bond acceptors (Lipinski definition) is 4. The molecule has 1 aliphatic rings. The van der Waals surface area contributed by atoms with Gasteiger partial charge in [-0.05, 0) is 12.3 Å². The van der Waals surface area contributed by atoms with Gasteiger partial charge in [-0.2, -0.15) is 0 Å². The molecule has 0 radical (unpaired) electrons. The summed E-state index contributed by atoms with van der Waals surface area (Å²) in [5, 5.41) is 5.75. The SMILES string of the molecule is CNc1cncc(C(=O)NC2CC2C)n1. The summed E-state index contributed by atoms with van der Waals surface area (Å²) in [7, 11) is 1.74. The number of nitrogens with one attached hydrogen (secondary N) is 2. The molecule has 80 valence electrons. The maximum Gasteiger partial charge on any atom is 0.271 e. The molecule has 2 atom stereocenters. The molecule has 5 heteroatoms. The number of amides is 1. The smallest absolute Gasteiger partial charge is 0.271 e. The minimum absolute atomic E-state index is 0.144. The molecule has 1 heterocycles. The summed E-state index contributed by atoms with van der Waals surface area (Å²) in [4.78, 5) is 19.7. The fraction of sp³-hybridized carbons (Fsp3) is 0.500. The topological polar surface area (TPSA) is 66.9 Å². The lowest BCUT2D eigenvalue weighted by molar-refractivity contribution is 0.0944. The number of rotatable bonds is 3. The largest absolute Gasteiger partial charge is 0.372 e. The molecule has 0 spiro atoms. The Labute approximate surface area is 88.3 Å². The molecule has 1 aromatic rings. The summed E-state index contributed by atoms with van der Waals surface area (Å²) in [6, 6.07) is 0.317. The van der Waals surface area contributed by atoms with Gasteiger partial charge in [0.15, 0.2) is 0 Å². The number of nitrogens with zero attached hydrogens (tertiary/aromatic N) is 2. The van der Waals surface area contributed by atoms with E-state index < -0.39 is 0 Å². The van der Waals surface area contributed by atoms with Crippen molar-refractivity contribution in [1.29, 1.82) is 0 Å². The number of carbonyl (C=O) groups is 1. The van der Waals surface area contributed by atoms with Crippen molar-refractivity contribution in [2.75, 3.05) is 12.4 Å². The summed E-state index contributed by atoms with van der Waals surface area (Å²) in [5.74, 6) is 1.05. The van der Waals surface area contributed by atoms with E-state index in [1.165, 1.54) is 6.20 Å². The van der Waals surface area contributed by atoms with Crippen molar-refractivity contribution in [3.63, 3.8) is 0 Å². The predicted octanol–water partition coefficient (Wildman–Crippen LogP) is 0.656.